The van der Waals surface area contributed by atoms with Gasteiger partial charge in [-0.2, -0.15) is 5.26 Å². The normalized spacial score (nSPS) is 30.6. The SMILES string of the molecule is CCCNC(C)(C#N)CCOC1CC(C)CC(C)C1. The summed E-state index contributed by atoms with van der Waals surface area (Å²) in [6.45, 7) is 10.3. The zero-order valence-corrected chi connectivity index (χ0v) is 13.0. The van der Waals surface area contributed by atoms with Gasteiger partial charge in [-0.15, -0.1) is 0 Å². The molecule has 3 atom stereocenters. The first-order chi connectivity index (χ1) is 8.99. The Morgan fingerprint density at radius 3 is 2.42 bits per heavy atom. The first-order valence-corrected chi connectivity index (χ1v) is 7.77. The Labute approximate surface area is 118 Å². The highest BCUT2D eigenvalue weighted by molar-refractivity contribution is 5.03. The monoisotopic (exact) mass is 266 g/mol. The topological polar surface area (TPSA) is 45.0 Å². The summed E-state index contributed by atoms with van der Waals surface area (Å²) in [5.41, 5.74) is -0.443. The summed E-state index contributed by atoms with van der Waals surface area (Å²) < 4.78 is 6.01. The van der Waals surface area contributed by atoms with Crippen LogP contribution in [0.3, 0.4) is 0 Å². The van der Waals surface area contributed by atoms with Crippen molar-refractivity contribution in [2.24, 2.45) is 11.8 Å². The van der Waals surface area contributed by atoms with Crippen LogP contribution in [-0.4, -0.2) is 24.8 Å². The van der Waals surface area contributed by atoms with Gasteiger partial charge in [0.05, 0.1) is 12.2 Å². The Balaban J connectivity index is 2.30. The lowest BCUT2D eigenvalue weighted by atomic mass is 9.82. The van der Waals surface area contributed by atoms with Crippen LogP contribution in [0, 0.1) is 23.2 Å². The van der Waals surface area contributed by atoms with E-state index in [0.29, 0.717) is 12.7 Å². The molecule has 3 unspecified atom stereocenters. The lowest BCUT2D eigenvalue weighted by Crippen LogP contribution is -2.42. The number of hydrogen-bond donors (Lipinski definition) is 1. The van der Waals surface area contributed by atoms with Gasteiger partial charge in [0.15, 0.2) is 0 Å². The number of hydrogen-bond acceptors (Lipinski definition) is 3. The molecule has 1 N–H and O–H groups in total. The van der Waals surface area contributed by atoms with Crippen molar-refractivity contribution in [2.45, 2.75) is 71.4 Å². The van der Waals surface area contributed by atoms with E-state index in [1.165, 1.54) is 19.3 Å². The third-order valence-corrected chi connectivity index (χ3v) is 4.10. The van der Waals surface area contributed by atoms with Gasteiger partial charge in [-0.3, -0.25) is 5.32 Å². The van der Waals surface area contributed by atoms with Crippen LogP contribution in [0.2, 0.25) is 0 Å². The molecule has 0 heterocycles. The van der Waals surface area contributed by atoms with Crippen LogP contribution < -0.4 is 5.32 Å². The van der Waals surface area contributed by atoms with E-state index in [1.807, 2.05) is 6.92 Å². The maximum Gasteiger partial charge on any atom is 0.106 e. The summed E-state index contributed by atoms with van der Waals surface area (Å²) in [4.78, 5) is 0. The fourth-order valence-corrected chi connectivity index (χ4v) is 3.02. The number of ether oxygens (including phenoxy) is 1. The second-order valence-corrected chi connectivity index (χ2v) is 6.53. The summed E-state index contributed by atoms with van der Waals surface area (Å²) >= 11 is 0. The zero-order chi connectivity index (χ0) is 14.3. The maximum absolute atomic E-state index is 9.26. The van der Waals surface area contributed by atoms with Crippen LogP contribution in [0.5, 0.6) is 0 Å². The van der Waals surface area contributed by atoms with Crippen molar-refractivity contribution < 1.29 is 4.74 Å². The molecule has 1 rings (SSSR count). The minimum atomic E-state index is -0.443. The van der Waals surface area contributed by atoms with Crippen LogP contribution in [-0.2, 0) is 4.74 Å². The Bertz CT molecular complexity index is 290. The molecule has 1 saturated carbocycles. The Morgan fingerprint density at radius 2 is 1.89 bits per heavy atom. The van der Waals surface area contributed by atoms with E-state index < -0.39 is 5.54 Å². The molecule has 0 aromatic carbocycles. The number of nitriles is 1. The smallest absolute Gasteiger partial charge is 0.106 e. The molecule has 3 heteroatoms. The van der Waals surface area contributed by atoms with Crippen molar-refractivity contribution in [3.8, 4) is 6.07 Å². The van der Waals surface area contributed by atoms with Gasteiger partial charge in [-0.1, -0.05) is 20.8 Å². The van der Waals surface area contributed by atoms with Crippen LogP contribution >= 0.6 is 0 Å². The summed E-state index contributed by atoms with van der Waals surface area (Å²) in [5, 5.41) is 12.6. The van der Waals surface area contributed by atoms with Gasteiger partial charge in [0, 0.05) is 13.0 Å². The highest BCUT2D eigenvalue weighted by atomic mass is 16.5. The fourth-order valence-electron chi connectivity index (χ4n) is 3.02. The molecule has 0 aromatic heterocycles. The molecule has 0 spiro atoms. The predicted molar refractivity (Wildman–Crippen MR) is 78.8 cm³/mol. The number of nitrogens with one attached hydrogen (secondary N) is 1. The molecule has 0 amide bonds. The lowest BCUT2D eigenvalue weighted by molar-refractivity contribution is -0.00473. The van der Waals surface area contributed by atoms with Crippen molar-refractivity contribution in [3.05, 3.63) is 0 Å². The summed E-state index contributed by atoms with van der Waals surface area (Å²) in [6.07, 6.45) is 5.89. The van der Waals surface area contributed by atoms with E-state index in [0.717, 1.165) is 31.2 Å². The lowest BCUT2D eigenvalue weighted by Gasteiger charge is -2.32. The van der Waals surface area contributed by atoms with Gasteiger partial charge in [0.2, 0.25) is 0 Å². The van der Waals surface area contributed by atoms with E-state index in [9.17, 15) is 5.26 Å². The molecular weight excluding hydrogens is 236 g/mol. The second-order valence-electron chi connectivity index (χ2n) is 6.53. The Hall–Kier alpha value is -0.590. The van der Waals surface area contributed by atoms with E-state index in [2.05, 4.69) is 32.2 Å². The molecule has 0 bridgehead atoms. The molecule has 0 aromatic rings. The highest BCUT2D eigenvalue weighted by Crippen LogP contribution is 2.30. The predicted octanol–water partition coefficient (Wildman–Crippen LogP) is 3.50. The Morgan fingerprint density at radius 1 is 1.26 bits per heavy atom. The molecular formula is C16H30N2O. The van der Waals surface area contributed by atoms with E-state index in [4.69, 9.17) is 4.74 Å². The molecule has 1 aliphatic rings. The number of rotatable bonds is 7. The van der Waals surface area contributed by atoms with Gasteiger partial charge < -0.3 is 4.74 Å². The quantitative estimate of drug-likeness (QED) is 0.767. The largest absolute Gasteiger partial charge is 0.378 e. The molecule has 1 fully saturated rings. The third-order valence-electron chi connectivity index (χ3n) is 4.10. The van der Waals surface area contributed by atoms with Crippen molar-refractivity contribution in [1.29, 1.82) is 5.26 Å². The van der Waals surface area contributed by atoms with E-state index in [1.54, 1.807) is 0 Å². The van der Waals surface area contributed by atoms with Gasteiger partial charge in [0.1, 0.15) is 5.54 Å². The van der Waals surface area contributed by atoms with Crippen LogP contribution in [0.1, 0.15) is 59.8 Å². The molecule has 1 aliphatic carbocycles. The zero-order valence-electron chi connectivity index (χ0n) is 13.0. The van der Waals surface area contributed by atoms with Gasteiger partial charge in [0.25, 0.3) is 0 Å². The van der Waals surface area contributed by atoms with Crippen molar-refractivity contribution in [2.75, 3.05) is 13.2 Å². The van der Waals surface area contributed by atoms with Gasteiger partial charge in [-0.25, -0.2) is 0 Å². The minimum absolute atomic E-state index is 0.396. The average molecular weight is 266 g/mol. The van der Waals surface area contributed by atoms with Crippen molar-refractivity contribution in [1.82, 2.24) is 5.32 Å². The van der Waals surface area contributed by atoms with Crippen molar-refractivity contribution in [3.63, 3.8) is 0 Å². The molecule has 0 aliphatic heterocycles. The Kier molecular flexibility index (Phi) is 6.82. The molecule has 0 radical (unpaired) electrons. The molecule has 19 heavy (non-hydrogen) atoms. The van der Waals surface area contributed by atoms with Crippen LogP contribution in [0.4, 0.5) is 0 Å². The first kappa shape index (κ1) is 16.5. The summed E-state index contributed by atoms with van der Waals surface area (Å²) in [6, 6.07) is 2.38. The second kappa shape index (κ2) is 7.87. The molecule has 3 nitrogen and oxygen atoms in total. The van der Waals surface area contributed by atoms with Crippen LogP contribution in [0.15, 0.2) is 0 Å². The maximum atomic E-state index is 9.26. The number of nitrogens with zero attached hydrogens (tertiary/aromatic N) is 1. The summed E-state index contributed by atoms with van der Waals surface area (Å²) in [5.74, 6) is 1.55. The third kappa shape index (κ3) is 5.93. The first-order valence-electron chi connectivity index (χ1n) is 7.77. The van der Waals surface area contributed by atoms with E-state index in [-0.39, 0.29) is 0 Å². The molecule has 110 valence electrons. The van der Waals surface area contributed by atoms with Gasteiger partial charge >= 0.3 is 0 Å². The van der Waals surface area contributed by atoms with Crippen molar-refractivity contribution >= 4 is 0 Å². The molecule has 0 saturated heterocycles. The van der Waals surface area contributed by atoms with Crippen LogP contribution in [0.25, 0.3) is 0 Å². The summed E-state index contributed by atoms with van der Waals surface area (Å²) in [7, 11) is 0. The fraction of sp³-hybridized carbons (Fsp3) is 0.938. The standard InChI is InChI=1S/C16H30N2O/c1-5-7-18-16(4,12-17)6-8-19-15-10-13(2)9-14(3)11-15/h13-15,18H,5-11H2,1-4H3. The highest BCUT2D eigenvalue weighted by Gasteiger charge is 2.26. The van der Waals surface area contributed by atoms with E-state index >= 15 is 0 Å². The minimum Gasteiger partial charge on any atom is -0.378 e. The average Bonchev–Trinajstić information content (AvgIpc) is 2.35. The van der Waals surface area contributed by atoms with Gasteiger partial charge in [-0.05, 0) is 51.0 Å².